The number of sulfonamides is 1. The molecule has 1 aliphatic heterocycles. The van der Waals surface area contributed by atoms with Crippen molar-refractivity contribution in [1.29, 1.82) is 0 Å². The number of hydrogen-bond donors (Lipinski definition) is 0. The van der Waals surface area contributed by atoms with Crippen LogP contribution in [0, 0.1) is 0 Å². The summed E-state index contributed by atoms with van der Waals surface area (Å²) in [6.07, 6.45) is 0. The van der Waals surface area contributed by atoms with Gasteiger partial charge in [-0.15, -0.1) is 11.3 Å². The normalized spacial score (nSPS) is 16.9. The van der Waals surface area contributed by atoms with Gasteiger partial charge in [0.25, 0.3) is 0 Å². The summed E-state index contributed by atoms with van der Waals surface area (Å²) < 4.78 is 28.1. The number of piperazine rings is 1. The third-order valence-electron chi connectivity index (χ3n) is 4.61. The number of thiazole rings is 1. The molecular weight excluding hydrogens is 366 g/mol. The van der Waals surface area contributed by atoms with Crippen LogP contribution in [0.25, 0.3) is 10.2 Å². The van der Waals surface area contributed by atoms with Gasteiger partial charge in [0.1, 0.15) is 5.01 Å². The maximum atomic E-state index is 12.6. The van der Waals surface area contributed by atoms with Crippen molar-refractivity contribution in [2.45, 2.75) is 12.3 Å². The van der Waals surface area contributed by atoms with Crippen molar-refractivity contribution in [3.63, 3.8) is 0 Å². The van der Waals surface area contributed by atoms with Gasteiger partial charge in [-0.1, -0.05) is 42.5 Å². The van der Waals surface area contributed by atoms with E-state index in [4.69, 9.17) is 0 Å². The number of rotatable bonds is 5. The standard InChI is InChI=1S/C19H21N3O2S2/c23-26(24,15-16-6-2-1-3-7-16)22-12-10-21(11-13-22)14-19-20-17-8-4-5-9-18(17)25-19/h1-9H,10-15H2. The fraction of sp³-hybridized carbons (Fsp3) is 0.316. The molecule has 26 heavy (non-hydrogen) atoms. The first-order chi connectivity index (χ1) is 12.6. The molecule has 7 heteroatoms. The van der Waals surface area contributed by atoms with Crippen molar-refractivity contribution < 1.29 is 8.42 Å². The van der Waals surface area contributed by atoms with Crippen LogP contribution in [0.1, 0.15) is 10.6 Å². The highest BCUT2D eigenvalue weighted by Gasteiger charge is 2.27. The van der Waals surface area contributed by atoms with Crippen LogP contribution < -0.4 is 0 Å². The molecule has 0 aliphatic carbocycles. The number of benzene rings is 2. The van der Waals surface area contributed by atoms with E-state index in [1.165, 1.54) is 4.70 Å². The summed E-state index contributed by atoms with van der Waals surface area (Å²) in [5.74, 6) is 0.0751. The van der Waals surface area contributed by atoms with Crippen LogP contribution in [-0.4, -0.2) is 48.8 Å². The SMILES string of the molecule is O=S(=O)(Cc1ccccc1)N1CCN(Cc2nc3ccccc3s2)CC1. The van der Waals surface area contributed by atoms with Crippen molar-refractivity contribution in [2.75, 3.05) is 26.2 Å². The van der Waals surface area contributed by atoms with Gasteiger partial charge in [0.15, 0.2) is 0 Å². The summed E-state index contributed by atoms with van der Waals surface area (Å²) in [4.78, 5) is 6.96. The summed E-state index contributed by atoms with van der Waals surface area (Å²) in [6.45, 7) is 3.35. The van der Waals surface area contributed by atoms with Crippen LogP contribution in [0.5, 0.6) is 0 Å². The topological polar surface area (TPSA) is 53.5 Å². The Kier molecular flexibility index (Phi) is 5.04. The second-order valence-electron chi connectivity index (χ2n) is 6.49. The van der Waals surface area contributed by atoms with Gasteiger partial charge < -0.3 is 0 Å². The molecule has 5 nitrogen and oxygen atoms in total. The quantitative estimate of drug-likeness (QED) is 0.675. The van der Waals surface area contributed by atoms with E-state index < -0.39 is 10.0 Å². The number of para-hydroxylation sites is 1. The molecule has 0 amide bonds. The third kappa shape index (κ3) is 3.96. The van der Waals surface area contributed by atoms with Crippen LogP contribution in [0.4, 0.5) is 0 Å². The van der Waals surface area contributed by atoms with Gasteiger partial charge in [-0.05, 0) is 17.7 Å². The first kappa shape index (κ1) is 17.6. The Labute approximate surface area is 157 Å². The smallest absolute Gasteiger partial charge is 0.218 e. The van der Waals surface area contributed by atoms with E-state index in [-0.39, 0.29) is 5.75 Å². The Balaban J connectivity index is 1.36. The van der Waals surface area contributed by atoms with Crippen molar-refractivity contribution in [3.8, 4) is 0 Å². The third-order valence-corrected chi connectivity index (χ3v) is 7.48. The molecule has 2 heterocycles. The van der Waals surface area contributed by atoms with Gasteiger partial charge in [0, 0.05) is 26.2 Å². The molecular formula is C19H21N3O2S2. The first-order valence-electron chi connectivity index (χ1n) is 8.69. The van der Waals surface area contributed by atoms with Gasteiger partial charge in [-0.2, -0.15) is 4.31 Å². The minimum atomic E-state index is -3.26. The van der Waals surface area contributed by atoms with Crippen LogP contribution in [-0.2, 0) is 22.3 Å². The Hall–Kier alpha value is -1.80. The minimum Gasteiger partial charge on any atom is -0.294 e. The molecule has 0 unspecified atom stereocenters. The number of fused-ring (bicyclic) bond motifs is 1. The monoisotopic (exact) mass is 387 g/mol. The van der Waals surface area contributed by atoms with E-state index in [1.54, 1.807) is 15.6 Å². The molecule has 1 aromatic heterocycles. The summed E-state index contributed by atoms with van der Waals surface area (Å²) in [5.41, 5.74) is 1.88. The van der Waals surface area contributed by atoms with Gasteiger partial charge in [0.2, 0.25) is 10.0 Å². The van der Waals surface area contributed by atoms with E-state index in [2.05, 4.69) is 16.0 Å². The zero-order valence-electron chi connectivity index (χ0n) is 14.4. The Morgan fingerprint density at radius 2 is 1.62 bits per heavy atom. The molecule has 136 valence electrons. The Bertz CT molecular complexity index is 945. The molecule has 4 rings (SSSR count). The highest BCUT2D eigenvalue weighted by molar-refractivity contribution is 7.88. The van der Waals surface area contributed by atoms with Crippen LogP contribution in [0.15, 0.2) is 54.6 Å². The Morgan fingerprint density at radius 3 is 2.35 bits per heavy atom. The average Bonchev–Trinajstić information content (AvgIpc) is 3.05. The second-order valence-corrected chi connectivity index (χ2v) is 9.58. The Morgan fingerprint density at radius 1 is 0.923 bits per heavy atom. The predicted octanol–water partition coefficient (Wildman–Crippen LogP) is 2.94. The highest BCUT2D eigenvalue weighted by atomic mass is 32.2. The second kappa shape index (κ2) is 7.44. The predicted molar refractivity (Wildman–Crippen MR) is 106 cm³/mol. The largest absolute Gasteiger partial charge is 0.294 e. The zero-order chi connectivity index (χ0) is 18.0. The molecule has 3 aromatic rings. The lowest BCUT2D eigenvalue weighted by atomic mass is 10.2. The number of hydrogen-bond acceptors (Lipinski definition) is 5. The summed E-state index contributed by atoms with van der Waals surface area (Å²) in [5, 5.41) is 1.09. The molecule has 0 radical (unpaired) electrons. The van der Waals surface area contributed by atoms with Crippen LogP contribution in [0.3, 0.4) is 0 Å². The summed E-state index contributed by atoms with van der Waals surface area (Å²) in [6, 6.07) is 17.5. The van der Waals surface area contributed by atoms with Gasteiger partial charge in [-0.25, -0.2) is 13.4 Å². The molecule has 0 N–H and O–H groups in total. The van der Waals surface area contributed by atoms with Crippen molar-refractivity contribution >= 4 is 31.6 Å². The molecule has 0 atom stereocenters. The fourth-order valence-corrected chi connectivity index (χ4v) is 5.75. The van der Waals surface area contributed by atoms with Gasteiger partial charge in [0.05, 0.1) is 22.5 Å². The van der Waals surface area contributed by atoms with Crippen LogP contribution in [0.2, 0.25) is 0 Å². The zero-order valence-corrected chi connectivity index (χ0v) is 16.0. The molecule has 0 bridgehead atoms. The number of nitrogens with zero attached hydrogens (tertiary/aromatic N) is 3. The summed E-state index contributed by atoms with van der Waals surface area (Å²) >= 11 is 1.71. The van der Waals surface area contributed by atoms with Crippen LogP contribution >= 0.6 is 11.3 Å². The van der Waals surface area contributed by atoms with E-state index in [0.717, 1.165) is 35.7 Å². The van der Waals surface area contributed by atoms with Crippen molar-refractivity contribution in [3.05, 3.63) is 65.2 Å². The fourth-order valence-electron chi connectivity index (χ4n) is 3.22. The average molecular weight is 388 g/mol. The van der Waals surface area contributed by atoms with Crippen molar-refractivity contribution in [2.24, 2.45) is 0 Å². The van der Waals surface area contributed by atoms with E-state index in [9.17, 15) is 8.42 Å². The summed E-state index contributed by atoms with van der Waals surface area (Å²) in [7, 11) is -3.26. The highest BCUT2D eigenvalue weighted by Crippen LogP contribution is 2.23. The van der Waals surface area contributed by atoms with Gasteiger partial charge in [-0.3, -0.25) is 4.90 Å². The number of aromatic nitrogens is 1. The maximum Gasteiger partial charge on any atom is 0.218 e. The molecule has 1 saturated heterocycles. The minimum absolute atomic E-state index is 0.0751. The van der Waals surface area contributed by atoms with E-state index >= 15 is 0 Å². The van der Waals surface area contributed by atoms with Gasteiger partial charge >= 0.3 is 0 Å². The lowest BCUT2D eigenvalue weighted by molar-refractivity contribution is 0.181. The lowest BCUT2D eigenvalue weighted by Crippen LogP contribution is -2.48. The lowest BCUT2D eigenvalue weighted by Gasteiger charge is -2.33. The molecule has 2 aromatic carbocycles. The molecule has 1 aliphatic rings. The maximum absolute atomic E-state index is 12.6. The van der Waals surface area contributed by atoms with E-state index in [1.807, 2.05) is 48.5 Å². The van der Waals surface area contributed by atoms with E-state index in [0.29, 0.717) is 13.1 Å². The molecule has 0 spiro atoms. The molecule has 1 fully saturated rings. The van der Waals surface area contributed by atoms with Crippen molar-refractivity contribution in [1.82, 2.24) is 14.2 Å². The first-order valence-corrected chi connectivity index (χ1v) is 11.1. The molecule has 0 saturated carbocycles.